The molecule has 5 nitrogen and oxygen atoms in total. The molecular weight excluding hydrogens is 290 g/mol. The highest BCUT2D eigenvalue weighted by molar-refractivity contribution is 5.97. The third kappa shape index (κ3) is 3.21. The smallest absolute Gasteiger partial charge is 0.252 e. The number of nitrogens with one attached hydrogen (secondary N) is 1. The van der Waals surface area contributed by atoms with Crippen LogP contribution in [0.3, 0.4) is 0 Å². The van der Waals surface area contributed by atoms with Crippen LogP contribution in [0.5, 0.6) is 0 Å². The standard InChI is InChI=1S/C18H21N3O2/c19-13-18(10-2-3-11-18)20-17(23)14-6-8-15(9-7-14)21-12-4-1-5-16(21)22/h6-9H,1-5,10-12H2,(H,20,23). The monoisotopic (exact) mass is 311 g/mol. The highest BCUT2D eigenvalue weighted by Crippen LogP contribution is 2.29. The first-order valence-electron chi connectivity index (χ1n) is 8.28. The van der Waals surface area contributed by atoms with Crippen molar-refractivity contribution in [3.8, 4) is 6.07 Å². The second-order valence-corrected chi connectivity index (χ2v) is 6.40. The van der Waals surface area contributed by atoms with Gasteiger partial charge in [-0.05, 0) is 62.8 Å². The topological polar surface area (TPSA) is 73.2 Å². The summed E-state index contributed by atoms with van der Waals surface area (Å²) in [4.78, 5) is 26.1. The van der Waals surface area contributed by atoms with Gasteiger partial charge in [0.05, 0.1) is 6.07 Å². The van der Waals surface area contributed by atoms with Crippen LogP contribution in [-0.2, 0) is 4.79 Å². The van der Waals surface area contributed by atoms with Crippen molar-refractivity contribution in [2.75, 3.05) is 11.4 Å². The molecule has 1 aliphatic carbocycles. The van der Waals surface area contributed by atoms with Gasteiger partial charge >= 0.3 is 0 Å². The van der Waals surface area contributed by atoms with Crippen molar-refractivity contribution in [3.05, 3.63) is 29.8 Å². The fourth-order valence-electron chi connectivity index (χ4n) is 3.40. The van der Waals surface area contributed by atoms with Gasteiger partial charge in [0.25, 0.3) is 5.91 Å². The molecule has 2 amide bonds. The molecule has 1 saturated carbocycles. The molecule has 0 unspecified atom stereocenters. The van der Waals surface area contributed by atoms with Gasteiger partial charge in [-0.25, -0.2) is 0 Å². The van der Waals surface area contributed by atoms with E-state index in [1.807, 2.05) is 12.1 Å². The van der Waals surface area contributed by atoms with E-state index in [1.165, 1.54) is 0 Å². The van der Waals surface area contributed by atoms with Crippen molar-refractivity contribution >= 4 is 17.5 Å². The van der Waals surface area contributed by atoms with Gasteiger partial charge in [-0.3, -0.25) is 9.59 Å². The van der Waals surface area contributed by atoms with Crippen molar-refractivity contribution in [1.82, 2.24) is 5.32 Å². The highest BCUT2D eigenvalue weighted by Gasteiger charge is 2.35. The molecule has 5 heteroatoms. The molecule has 23 heavy (non-hydrogen) atoms. The van der Waals surface area contributed by atoms with E-state index in [0.29, 0.717) is 12.0 Å². The van der Waals surface area contributed by atoms with E-state index in [9.17, 15) is 14.9 Å². The SMILES string of the molecule is N#CC1(NC(=O)c2ccc(N3CCCCC3=O)cc2)CCCC1. The fraction of sp³-hybridized carbons (Fsp3) is 0.500. The van der Waals surface area contributed by atoms with Crippen LogP contribution in [0.4, 0.5) is 5.69 Å². The largest absolute Gasteiger partial charge is 0.334 e. The van der Waals surface area contributed by atoms with E-state index in [1.54, 1.807) is 17.0 Å². The summed E-state index contributed by atoms with van der Waals surface area (Å²) >= 11 is 0. The summed E-state index contributed by atoms with van der Waals surface area (Å²) in [6.45, 7) is 0.738. The molecule has 1 aromatic carbocycles. The summed E-state index contributed by atoms with van der Waals surface area (Å²) in [5.74, 6) is -0.0761. The number of nitriles is 1. The van der Waals surface area contributed by atoms with Gasteiger partial charge in [0, 0.05) is 24.2 Å². The van der Waals surface area contributed by atoms with E-state index in [4.69, 9.17) is 0 Å². The van der Waals surface area contributed by atoms with Gasteiger partial charge in [0.2, 0.25) is 5.91 Å². The summed E-state index contributed by atoms with van der Waals surface area (Å²) in [5, 5.41) is 12.2. The number of benzene rings is 1. The number of anilines is 1. The molecule has 0 spiro atoms. The average molecular weight is 311 g/mol. The number of nitrogens with zero attached hydrogens (tertiary/aromatic N) is 2. The van der Waals surface area contributed by atoms with Gasteiger partial charge < -0.3 is 10.2 Å². The minimum atomic E-state index is -0.710. The molecule has 0 atom stereocenters. The molecule has 1 N–H and O–H groups in total. The lowest BCUT2D eigenvalue weighted by Gasteiger charge is -2.27. The van der Waals surface area contributed by atoms with E-state index < -0.39 is 5.54 Å². The number of carbonyl (C=O) groups is 2. The Labute approximate surface area is 136 Å². The molecule has 1 aromatic rings. The maximum atomic E-state index is 12.4. The number of hydrogen-bond donors (Lipinski definition) is 1. The van der Waals surface area contributed by atoms with Crippen molar-refractivity contribution in [2.24, 2.45) is 0 Å². The Morgan fingerprint density at radius 2 is 1.83 bits per heavy atom. The average Bonchev–Trinajstić information content (AvgIpc) is 3.04. The van der Waals surface area contributed by atoms with Crippen molar-refractivity contribution in [3.63, 3.8) is 0 Å². The van der Waals surface area contributed by atoms with E-state index in [0.717, 1.165) is 50.8 Å². The van der Waals surface area contributed by atoms with Crippen LogP contribution in [0, 0.1) is 11.3 Å². The number of rotatable bonds is 3. The number of carbonyl (C=O) groups excluding carboxylic acids is 2. The summed E-state index contributed by atoms with van der Waals surface area (Å²) in [6.07, 6.45) is 5.94. The third-order valence-electron chi connectivity index (χ3n) is 4.79. The maximum absolute atomic E-state index is 12.4. The summed E-state index contributed by atoms with van der Waals surface area (Å²) in [5.41, 5.74) is 0.653. The number of hydrogen-bond acceptors (Lipinski definition) is 3. The zero-order valence-corrected chi connectivity index (χ0v) is 13.2. The van der Waals surface area contributed by atoms with Gasteiger partial charge in [0.15, 0.2) is 0 Å². The molecule has 1 aliphatic heterocycles. The first kappa shape index (κ1) is 15.5. The third-order valence-corrected chi connectivity index (χ3v) is 4.79. The Balaban J connectivity index is 1.70. The second kappa shape index (κ2) is 6.41. The van der Waals surface area contributed by atoms with Crippen LogP contribution in [0.2, 0.25) is 0 Å². The van der Waals surface area contributed by atoms with Gasteiger partial charge in [0.1, 0.15) is 5.54 Å². The minimum Gasteiger partial charge on any atom is -0.334 e. The normalized spacial score (nSPS) is 20.1. The lowest BCUT2D eigenvalue weighted by molar-refractivity contribution is -0.119. The first-order valence-corrected chi connectivity index (χ1v) is 8.28. The molecule has 0 bridgehead atoms. The predicted molar refractivity (Wildman–Crippen MR) is 86.9 cm³/mol. The lowest BCUT2D eigenvalue weighted by Crippen LogP contribution is -2.45. The molecule has 2 fully saturated rings. The van der Waals surface area contributed by atoms with Crippen molar-refractivity contribution < 1.29 is 9.59 Å². The number of piperidine rings is 1. The summed E-state index contributed by atoms with van der Waals surface area (Å²) in [7, 11) is 0. The van der Waals surface area contributed by atoms with Crippen LogP contribution in [0.25, 0.3) is 0 Å². The molecule has 3 rings (SSSR count). The summed E-state index contributed by atoms with van der Waals surface area (Å²) < 4.78 is 0. The Morgan fingerprint density at radius 1 is 1.13 bits per heavy atom. The van der Waals surface area contributed by atoms with E-state index >= 15 is 0 Å². The molecule has 0 radical (unpaired) electrons. The van der Waals surface area contributed by atoms with E-state index in [-0.39, 0.29) is 11.8 Å². The molecule has 2 aliphatic rings. The zero-order valence-electron chi connectivity index (χ0n) is 13.2. The number of amides is 2. The van der Waals surface area contributed by atoms with Crippen LogP contribution < -0.4 is 10.2 Å². The molecule has 120 valence electrons. The summed E-state index contributed by atoms with van der Waals surface area (Å²) in [6, 6.07) is 9.34. The Kier molecular flexibility index (Phi) is 4.33. The van der Waals surface area contributed by atoms with Crippen LogP contribution in [-0.4, -0.2) is 23.9 Å². The van der Waals surface area contributed by atoms with Gasteiger partial charge in [-0.15, -0.1) is 0 Å². The second-order valence-electron chi connectivity index (χ2n) is 6.40. The highest BCUT2D eigenvalue weighted by atomic mass is 16.2. The van der Waals surface area contributed by atoms with Crippen LogP contribution >= 0.6 is 0 Å². The predicted octanol–water partition coefficient (Wildman–Crippen LogP) is 2.77. The molecule has 1 saturated heterocycles. The van der Waals surface area contributed by atoms with Crippen molar-refractivity contribution in [2.45, 2.75) is 50.5 Å². The lowest BCUT2D eigenvalue weighted by atomic mass is 9.99. The van der Waals surface area contributed by atoms with Crippen molar-refractivity contribution in [1.29, 1.82) is 5.26 Å². The minimum absolute atomic E-state index is 0.142. The van der Waals surface area contributed by atoms with Crippen LogP contribution in [0.1, 0.15) is 55.3 Å². The Hall–Kier alpha value is -2.35. The van der Waals surface area contributed by atoms with Gasteiger partial charge in [-0.2, -0.15) is 5.26 Å². The van der Waals surface area contributed by atoms with Crippen LogP contribution in [0.15, 0.2) is 24.3 Å². The molecular formula is C18H21N3O2. The Bertz CT molecular complexity index is 639. The zero-order chi connectivity index (χ0) is 16.3. The molecule has 0 aromatic heterocycles. The van der Waals surface area contributed by atoms with E-state index in [2.05, 4.69) is 11.4 Å². The quantitative estimate of drug-likeness (QED) is 0.933. The Morgan fingerprint density at radius 3 is 2.43 bits per heavy atom. The molecule has 1 heterocycles. The van der Waals surface area contributed by atoms with Gasteiger partial charge in [-0.1, -0.05) is 0 Å². The maximum Gasteiger partial charge on any atom is 0.252 e. The first-order chi connectivity index (χ1) is 11.1. The fourth-order valence-corrected chi connectivity index (χ4v) is 3.40.